The van der Waals surface area contributed by atoms with Crippen molar-refractivity contribution in [3.8, 4) is 0 Å². The van der Waals surface area contributed by atoms with Gasteiger partial charge in [-0.2, -0.15) is 0 Å². The van der Waals surface area contributed by atoms with E-state index in [4.69, 9.17) is 9.72 Å². The van der Waals surface area contributed by atoms with Gasteiger partial charge in [0.25, 0.3) is 0 Å². The van der Waals surface area contributed by atoms with Crippen molar-refractivity contribution in [3.05, 3.63) is 65.2 Å². The van der Waals surface area contributed by atoms with Crippen LogP contribution in [0.15, 0.2) is 42.5 Å². The lowest BCUT2D eigenvalue weighted by Crippen LogP contribution is -2.48. The molecule has 2 atom stereocenters. The molecule has 0 bridgehead atoms. The van der Waals surface area contributed by atoms with Crippen LogP contribution < -0.4 is 0 Å². The van der Waals surface area contributed by atoms with E-state index in [1.807, 2.05) is 24.3 Å². The summed E-state index contributed by atoms with van der Waals surface area (Å²) in [6, 6.07) is 13.3. The SMILES string of the molecule is CC(C)C1c2ccc(F)cc2CC[C@@]1(CCN(C)CCCc1nc2ccccc2[nH]1)OC(=O)C1CC1.Cl.Cl. The van der Waals surface area contributed by atoms with Gasteiger partial charge in [-0.25, -0.2) is 9.37 Å². The zero-order valence-corrected chi connectivity index (χ0v) is 24.2. The molecule has 0 saturated heterocycles. The van der Waals surface area contributed by atoms with Gasteiger partial charge < -0.3 is 14.6 Å². The van der Waals surface area contributed by atoms with Crippen LogP contribution in [0.1, 0.15) is 68.8 Å². The number of aryl methyl sites for hydroxylation is 2. The van der Waals surface area contributed by atoms with Crippen LogP contribution in [0, 0.1) is 17.7 Å². The van der Waals surface area contributed by atoms with Crippen molar-refractivity contribution in [2.75, 3.05) is 20.1 Å². The van der Waals surface area contributed by atoms with Gasteiger partial charge >= 0.3 is 5.97 Å². The molecule has 2 aliphatic rings. The summed E-state index contributed by atoms with van der Waals surface area (Å²) in [7, 11) is 2.14. The molecule has 1 saturated carbocycles. The van der Waals surface area contributed by atoms with Crippen LogP contribution >= 0.6 is 24.8 Å². The Morgan fingerprint density at radius 2 is 1.95 bits per heavy atom. The molecule has 2 aliphatic carbocycles. The zero-order chi connectivity index (χ0) is 25.3. The van der Waals surface area contributed by atoms with E-state index in [1.54, 1.807) is 12.1 Å². The number of aromatic nitrogens is 2. The van der Waals surface area contributed by atoms with Crippen molar-refractivity contribution >= 4 is 41.8 Å². The normalized spacial score (nSPS) is 20.6. The molecule has 208 valence electrons. The minimum atomic E-state index is -0.550. The third kappa shape index (κ3) is 6.70. The molecule has 1 aromatic heterocycles. The number of aromatic amines is 1. The summed E-state index contributed by atoms with van der Waals surface area (Å²) in [5.41, 5.74) is 3.75. The predicted molar refractivity (Wildman–Crippen MR) is 155 cm³/mol. The van der Waals surface area contributed by atoms with Gasteiger partial charge in [-0.3, -0.25) is 4.79 Å². The van der Waals surface area contributed by atoms with E-state index < -0.39 is 5.60 Å². The molecule has 0 spiro atoms. The minimum Gasteiger partial charge on any atom is -0.458 e. The fourth-order valence-electron chi connectivity index (χ4n) is 6.03. The maximum Gasteiger partial charge on any atom is 0.309 e. The van der Waals surface area contributed by atoms with Gasteiger partial charge in [0, 0.05) is 25.3 Å². The maximum atomic E-state index is 14.0. The lowest BCUT2D eigenvalue weighted by molar-refractivity contribution is -0.169. The number of hydrogen-bond acceptors (Lipinski definition) is 4. The Bertz CT molecular complexity index is 1200. The molecular formula is C30H40Cl2FN3O2. The number of esters is 1. The number of fused-ring (bicyclic) bond motifs is 2. The van der Waals surface area contributed by atoms with Crippen molar-refractivity contribution in [1.82, 2.24) is 14.9 Å². The molecule has 0 radical (unpaired) electrons. The Balaban J connectivity index is 0.00000200. The quantitative estimate of drug-likeness (QED) is 0.273. The molecule has 1 N–H and O–H groups in total. The topological polar surface area (TPSA) is 58.2 Å². The molecule has 0 amide bonds. The number of halogens is 3. The molecule has 1 fully saturated rings. The summed E-state index contributed by atoms with van der Waals surface area (Å²) < 4.78 is 20.4. The van der Waals surface area contributed by atoms with Gasteiger partial charge in [0.05, 0.1) is 17.0 Å². The van der Waals surface area contributed by atoms with Crippen LogP contribution in [0.3, 0.4) is 0 Å². The second kappa shape index (κ2) is 12.8. The molecule has 3 aromatic rings. The fourth-order valence-corrected chi connectivity index (χ4v) is 6.03. The first-order chi connectivity index (χ1) is 17.3. The highest BCUT2D eigenvalue weighted by atomic mass is 35.5. The first-order valence-corrected chi connectivity index (χ1v) is 13.5. The molecule has 2 aromatic carbocycles. The molecule has 5 nitrogen and oxygen atoms in total. The molecule has 8 heteroatoms. The second-order valence-corrected chi connectivity index (χ2v) is 11.2. The minimum absolute atomic E-state index is 0. The van der Waals surface area contributed by atoms with Gasteiger partial charge in [-0.05, 0) is 87.0 Å². The van der Waals surface area contributed by atoms with E-state index in [0.29, 0.717) is 0 Å². The van der Waals surface area contributed by atoms with Crippen LogP contribution in [-0.2, 0) is 22.4 Å². The highest BCUT2D eigenvalue weighted by molar-refractivity contribution is 5.85. The van der Waals surface area contributed by atoms with Gasteiger partial charge in [0.1, 0.15) is 17.2 Å². The summed E-state index contributed by atoms with van der Waals surface area (Å²) in [5.74, 6) is 1.19. The Morgan fingerprint density at radius 3 is 2.66 bits per heavy atom. The first kappa shape index (κ1) is 30.4. The highest BCUT2D eigenvalue weighted by Crippen LogP contribution is 2.49. The maximum absolute atomic E-state index is 14.0. The van der Waals surface area contributed by atoms with Crippen LogP contribution in [-0.4, -0.2) is 46.6 Å². The number of para-hydroxylation sites is 2. The zero-order valence-electron chi connectivity index (χ0n) is 22.5. The van der Waals surface area contributed by atoms with E-state index in [-0.39, 0.29) is 54.4 Å². The standard InChI is InChI=1S/C30H38FN3O2.2ClH/c1-20(2)28-24-13-12-23(31)19-22(24)14-15-30(28,36-29(35)21-10-11-21)16-18-34(3)17-6-9-27-32-25-7-4-5-8-26(25)33-27;;/h4-5,7-8,12-13,19-21,28H,6,9-11,14-18H2,1-3H3,(H,32,33);2*1H/t28?,30-;;/m0../s1. The lowest BCUT2D eigenvalue weighted by Gasteiger charge is -2.47. The molecular weight excluding hydrogens is 524 g/mol. The number of H-pyrrole nitrogens is 1. The Kier molecular flexibility index (Phi) is 10.2. The third-order valence-electron chi connectivity index (χ3n) is 8.01. The van der Waals surface area contributed by atoms with Gasteiger partial charge in [0.15, 0.2) is 0 Å². The van der Waals surface area contributed by atoms with Crippen molar-refractivity contribution in [1.29, 1.82) is 0 Å². The van der Waals surface area contributed by atoms with Crippen molar-refractivity contribution in [2.24, 2.45) is 11.8 Å². The highest BCUT2D eigenvalue weighted by Gasteiger charge is 2.49. The number of rotatable bonds is 10. The van der Waals surface area contributed by atoms with E-state index in [1.165, 1.54) is 0 Å². The summed E-state index contributed by atoms with van der Waals surface area (Å²) >= 11 is 0. The van der Waals surface area contributed by atoms with Crippen LogP contribution in [0.25, 0.3) is 11.0 Å². The molecule has 1 heterocycles. The average Bonchev–Trinajstić information content (AvgIpc) is 3.62. The van der Waals surface area contributed by atoms with Crippen LogP contribution in [0.5, 0.6) is 0 Å². The van der Waals surface area contributed by atoms with Crippen LogP contribution in [0.4, 0.5) is 4.39 Å². The fraction of sp³-hybridized carbons (Fsp3) is 0.533. The number of benzene rings is 2. The Morgan fingerprint density at radius 1 is 1.18 bits per heavy atom. The second-order valence-electron chi connectivity index (χ2n) is 11.2. The Hall–Kier alpha value is -2.15. The van der Waals surface area contributed by atoms with Crippen molar-refractivity contribution in [3.63, 3.8) is 0 Å². The number of nitrogens with one attached hydrogen (secondary N) is 1. The molecule has 0 aliphatic heterocycles. The smallest absolute Gasteiger partial charge is 0.309 e. The molecule has 38 heavy (non-hydrogen) atoms. The number of nitrogens with zero attached hydrogens (tertiary/aromatic N) is 2. The van der Waals surface area contributed by atoms with Gasteiger partial charge in [-0.15, -0.1) is 24.8 Å². The summed E-state index contributed by atoms with van der Waals surface area (Å²) in [5, 5.41) is 0. The number of hydrogen-bond donors (Lipinski definition) is 1. The number of carbonyl (C=O) groups is 1. The average molecular weight is 565 g/mol. The van der Waals surface area contributed by atoms with E-state index in [0.717, 1.165) is 86.0 Å². The van der Waals surface area contributed by atoms with Gasteiger partial charge in [0.2, 0.25) is 0 Å². The van der Waals surface area contributed by atoms with E-state index >= 15 is 0 Å². The Labute approximate surface area is 237 Å². The predicted octanol–water partition coefficient (Wildman–Crippen LogP) is 6.88. The summed E-state index contributed by atoms with van der Waals surface area (Å²) in [6.07, 6.45) is 6.04. The number of imidazole rings is 1. The first-order valence-electron chi connectivity index (χ1n) is 13.5. The van der Waals surface area contributed by atoms with E-state index in [9.17, 15) is 9.18 Å². The van der Waals surface area contributed by atoms with Crippen molar-refractivity contribution in [2.45, 2.75) is 70.3 Å². The molecule has 5 rings (SSSR count). The number of carbonyl (C=O) groups excluding carboxylic acids is 1. The van der Waals surface area contributed by atoms with Crippen LogP contribution in [0.2, 0.25) is 0 Å². The monoisotopic (exact) mass is 563 g/mol. The largest absolute Gasteiger partial charge is 0.458 e. The summed E-state index contributed by atoms with van der Waals surface area (Å²) in [4.78, 5) is 23.4. The number of ether oxygens (including phenoxy) is 1. The van der Waals surface area contributed by atoms with Gasteiger partial charge in [-0.1, -0.05) is 32.0 Å². The third-order valence-corrected chi connectivity index (χ3v) is 8.01. The lowest BCUT2D eigenvalue weighted by atomic mass is 9.65. The van der Waals surface area contributed by atoms with Crippen molar-refractivity contribution < 1.29 is 13.9 Å². The summed E-state index contributed by atoms with van der Waals surface area (Å²) in [6.45, 7) is 6.18. The molecule has 1 unspecified atom stereocenters. The van der Waals surface area contributed by atoms with E-state index in [2.05, 4.69) is 36.8 Å².